The van der Waals surface area contributed by atoms with Gasteiger partial charge < -0.3 is 4.90 Å². The number of nitrogens with zero attached hydrogens (tertiary/aromatic N) is 3. The Hall–Kier alpha value is -3.40. The highest BCUT2D eigenvalue weighted by Crippen LogP contribution is 2.22. The quantitative estimate of drug-likeness (QED) is 0.581. The fourth-order valence-electron chi connectivity index (χ4n) is 4.49. The van der Waals surface area contributed by atoms with Crippen molar-refractivity contribution < 1.29 is 13.2 Å². The van der Waals surface area contributed by atoms with Crippen LogP contribution in [0.3, 0.4) is 0 Å². The minimum Gasteiger partial charge on any atom is -0.341 e. The second-order valence-corrected chi connectivity index (χ2v) is 10.8. The van der Waals surface area contributed by atoms with Crippen LogP contribution in [0.4, 0.5) is 5.69 Å². The summed E-state index contributed by atoms with van der Waals surface area (Å²) in [6, 6.07) is 9.43. The number of fused-ring (bicyclic) bond motifs is 1. The fourth-order valence-corrected chi connectivity index (χ4v) is 5.65. The first-order valence-corrected chi connectivity index (χ1v) is 13.2. The van der Waals surface area contributed by atoms with Gasteiger partial charge in [-0.15, -0.1) is 0 Å². The lowest BCUT2D eigenvalue weighted by molar-refractivity contribution is -0.131. The monoisotopic (exact) mass is 498 g/mol. The number of hydrogen-bond donors (Lipinski definition) is 1. The summed E-state index contributed by atoms with van der Waals surface area (Å²) in [5.41, 5.74) is 1.21. The number of aryl methyl sites for hydroxylation is 3. The number of carbonyl (C=O) groups excluding carboxylic acids is 1. The smallest absolute Gasteiger partial charge is 0.331 e. The van der Waals surface area contributed by atoms with E-state index in [4.69, 9.17) is 0 Å². The van der Waals surface area contributed by atoms with Gasteiger partial charge in [-0.25, -0.2) is 13.2 Å². The number of aromatic nitrogens is 2. The summed E-state index contributed by atoms with van der Waals surface area (Å²) in [6.45, 7) is 4.56. The van der Waals surface area contributed by atoms with Gasteiger partial charge >= 0.3 is 5.69 Å². The third-order valence-electron chi connectivity index (χ3n) is 6.51. The summed E-state index contributed by atoms with van der Waals surface area (Å²) in [6.07, 6.45) is 3.89. The largest absolute Gasteiger partial charge is 0.341 e. The lowest BCUT2D eigenvalue weighted by Gasteiger charge is -2.21. The van der Waals surface area contributed by atoms with Gasteiger partial charge in [0, 0.05) is 20.1 Å². The topological polar surface area (TPSA) is 110 Å². The Kier molecular flexibility index (Phi) is 6.84. The zero-order chi connectivity index (χ0) is 25.3. The maximum Gasteiger partial charge on any atom is 0.331 e. The average Bonchev–Trinajstić information content (AvgIpc) is 3.11. The van der Waals surface area contributed by atoms with Gasteiger partial charge in [0.25, 0.3) is 15.6 Å². The van der Waals surface area contributed by atoms with Gasteiger partial charge in [0.15, 0.2) is 0 Å². The van der Waals surface area contributed by atoms with Crippen molar-refractivity contribution in [2.45, 2.75) is 51.0 Å². The molecule has 0 atom stereocenters. The highest BCUT2D eigenvalue weighted by atomic mass is 32.2. The molecular formula is C25H30N4O5S. The molecule has 3 aromatic rings. The van der Waals surface area contributed by atoms with Crippen LogP contribution in [0.1, 0.15) is 36.8 Å². The van der Waals surface area contributed by atoms with Crippen molar-refractivity contribution in [3.05, 3.63) is 68.4 Å². The molecule has 2 heterocycles. The Balaban J connectivity index is 1.73. The molecule has 0 aliphatic carbocycles. The van der Waals surface area contributed by atoms with E-state index in [1.54, 1.807) is 24.0 Å². The Labute approximate surface area is 204 Å². The van der Waals surface area contributed by atoms with Crippen LogP contribution in [0.25, 0.3) is 10.9 Å². The predicted molar refractivity (Wildman–Crippen MR) is 135 cm³/mol. The van der Waals surface area contributed by atoms with Crippen LogP contribution in [-0.2, 0) is 28.4 Å². The molecule has 9 nitrogen and oxygen atoms in total. The molecule has 0 bridgehead atoms. The summed E-state index contributed by atoms with van der Waals surface area (Å²) in [5.74, 6) is -0.286. The van der Waals surface area contributed by atoms with Gasteiger partial charge in [0.05, 0.1) is 21.5 Å². The van der Waals surface area contributed by atoms with E-state index in [1.807, 2.05) is 13.0 Å². The third kappa shape index (κ3) is 5.02. The molecular weight excluding hydrogens is 468 g/mol. The SMILES string of the molecule is Cc1ccc(NS(=O)(=O)c2ccc3c(c2)c(=O)n(CC(=O)N2CCCCCC2)c(=O)n3C)c(C)c1. The van der Waals surface area contributed by atoms with Gasteiger partial charge in [-0.05, 0) is 56.5 Å². The number of likely N-dealkylation sites (tertiary alicyclic amines) is 1. The van der Waals surface area contributed by atoms with Crippen LogP contribution < -0.4 is 16.0 Å². The molecule has 0 unspecified atom stereocenters. The zero-order valence-corrected chi connectivity index (χ0v) is 21.0. The number of rotatable bonds is 5. The Bertz CT molecular complexity index is 1510. The van der Waals surface area contributed by atoms with E-state index < -0.39 is 21.3 Å². The van der Waals surface area contributed by atoms with E-state index >= 15 is 0 Å². The van der Waals surface area contributed by atoms with Crippen LogP contribution in [-0.4, -0.2) is 41.4 Å². The molecule has 4 rings (SSSR count). The molecule has 0 radical (unpaired) electrons. The highest BCUT2D eigenvalue weighted by molar-refractivity contribution is 7.92. The van der Waals surface area contributed by atoms with Crippen LogP contribution in [0, 0.1) is 13.8 Å². The molecule has 1 N–H and O–H groups in total. The second-order valence-electron chi connectivity index (χ2n) is 9.13. The number of sulfonamides is 1. The van der Waals surface area contributed by atoms with E-state index in [2.05, 4.69) is 4.72 Å². The van der Waals surface area contributed by atoms with Crippen molar-refractivity contribution in [2.75, 3.05) is 17.8 Å². The van der Waals surface area contributed by atoms with Crippen molar-refractivity contribution in [3.8, 4) is 0 Å². The minimum absolute atomic E-state index is 0.0549. The number of carbonyl (C=O) groups is 1. The van der Waals surface area contributed by atoms with Crippen LogP contribution in [0.5, 0.6) is 0 Å². The standard InChI is InChI=1S/C25H30N4O5S/c1-17-8-10-21(18(2)14-17)26-35(33,34)19-9-11-22-20(15-19)24(31)29(25(32)27(22)3)16-23(30)28-12-6-4-5-7-13-28/h8-11,14-15,26H,4-7,12-13,16H2,1-3H3. The highest BCUT2D eigenvalue weighted by Gasteiger charge is 2.22. The van der Waals surface area contributed by atoms with Crippen molar-refractivity contribution in [2.24, 2.45) is 7.05 Å². The molecule has 0 saturated carbocycles. The van der Waals surface area contributed by atoms with Gasteiger partial charge in [-0.1, -0.05) is 30.5 Å². The third-order valence-corrected chi connectivity index (χ3v) is 7.87. The Morgan fingerprint density at radius 3 is 2.31 bits per heavy atom. The number of hydrogen-bond acceptors (Lipinski definition) is 5. The maximum atomic E-state index is 13.3. The van der Waals surface area contributed by atoms with Gasteiger partial charge in [0.2, 0.25) is 5.91 Å². The number of benzene rings is 2. The van der Waals surface area contributed by atoms with Gasteiger partial charge in [-0.2, -0.15) is 0 Å². The summed E-state index contributed by atoms with van der Waals surface area (Å²) in [5, 5.41) is 0.0549. The minimum atomic E-state index is -4.00. The Morgan fingerprint density at radius 2 is 1.66 bits per heavy atom. The van der Waals surface area contributed by atoms with E-state index in [1.165, 1.54) is 29.8 Å². The average molecular weight is 499 g/mol. The summed E-state index contributed by atoms with van der Waals surface area (Å²) < 4.78 is 30.9. The van der Waals surface area contributed by atoms with E-state index in [9.17, 15) is 22.8 Å². The molecule has 35 heavy (non-hydrogen) atoms. The molecule has 1 aliphatic rings. The van der Waals surface area contributed by atoms with Crippen molar-refractivity contribution in [3.63, 3.8) is 0 Å². The molecule has 2 aromatic carbocycles. The molecule has 0 spiro atoms. The van der Waals surface area contributed by atoms with Crippen molar-refractivity contribution in [1.29, 1.82) is 0 Å². The molecule has 10 heteroatoms. The Morgan fingerprint density at radius 1 is 0.971 bits per heavy atom. The molecule has 1 amide bonds. The lowest BCUT2D eigenvalue weighted by Crippen LogP contribution is -2.44. The first kappa shape index (κ1) is 24.7. The van der Waals surface area contributed by atoms with E-state index in [0.717, 1.165) is 41.4 Å². The zero-order valence-electron chi connectivity index (χ0n) is 20.2. The molecule has 1 saturated heterocycles. The van der Waals surface area contributed by atoms with Gasteiger partial charge in [-0.3, -0.25) is 23.4 Å². The predicted octanol–water partition coefficient (Wildman–Crippen LogP) is 2.52. The molecule has 1 aliphatic heterocycles. The first-order chi connectivity index (χ1) is 16.6. The van der Waals surface area contributed by atoms with Gasteiger partial charge in [0.1, 0.15) is 6.54 Å². The van der Waals surface area contributed by atoms with E-state index in [0.29, 0.717) is 24.3 Å². The van der Waals surface area contributed by atoms with Crippen LogP contribution >= 0.6 is 0 Å². The van der Waals surface area contributed by atoms with E-state index in [-0.39, 0.29) is 22.7 Å². The second kappa shape index (κ2) is 9.69. The van der Waals surface area contributed by atoms with Crippen LogP contribution in [0.15, 0.2) is 50.9 Å². The molecule has 1 aromatic heterocycles. The maximum absolute atomic E-state index is 13.3. The van der Waals surface area contributed by atoms with Crippen molar-refractivity contribution in [1.82, 2.24) is 14.0 Å². The summed E-state index contributed by atoms with van der Waals surface area (Å²) in [7, 11) is -2.50. The normalized spacial score (nSPS) is 14.7. The first-order valence-electron chi connectivity index (χ1n) is 11.7. The number of nitrogens with one attached hydrogen (secondary N) is 1. The van der Waals surface area contributed by atoms with Crippen LogP contribution in [0.2, 0.25) is 0 Å². The molecule has 1 fully saturated rings. The summed E-state index contributed by atoms with van der Waals surface area (Å²) >= 11 is 0. The lowest BCUT2D eigenvalue weighted by atomic mass is 10.1. The number of anilines is 1. The fraction of sp³-hybridized carbons (Fsp3) is 0.400. The number of amides is 1. The molecule has 186 valence electrons. The van der Waals surface area contributed by atoms with Crippen molar-refractivity contribution >= 4 is 32.5 Å². The summed E-state index contributed by atoms with van der Waals surface area (Å²) in [4.78, 5) is 40.6.